The standard InChI is InChI=1S/C16H18N6O2/c1-11-13-9-12(10-18-14(13)24-21-11)20-15(23)16(3-6-17-7-4-16)22-8-2-5-19-22/h2,5,8-10,17H,3-4,6-7H2,1H3,(H,20,23). The summed E-state index contributed by atoms with van der Waals surface area (Å²) < 4.78 is 6.87. The van der Waals surface area contributed by atoms with E-state index >= 15 is 0 Å². The van der Waals surface area contributed by atoms with E-state index in [2.05, 4.69) is 25.9 Å². The molecule has 8 heteroatoms. The Labute approximate surface area is 138 Å². The van der Waals surface area contributed by atoms with E-state index in [1.807, 2.05) is 25.3 Å². The van der Waals surface area contributed by atoms with Gasteiger partial charge in [-0.25, -0.2) is 4.98 Å². The Morgan fingerprint density at radius 1 is 1.42 bits per heavy atom. The second kappa shape index (κ2) is 5.72. The number of carbonyl (C=O) groups excluding carboxylic acids is 1. The predicted molar refractivity (Wildman–Crippen MR) is 87.5 cm³/mol. The number of nitrogens with zero attached hydrogens (tertiary/aromatic N) is 4. The first-order valence-electron chi connectivity index (χ1n) is 7.93. The largest absolute Gasteiger partial charge is 0.336 e. The number of amides is 1. The van der Waals surface area contributed by atoms with Crippen molar-refractivity contribution in [3.8, 4) is 0 Å². The summed E-state index contributed by atoms with van der Waals surface area (Å²) in [5.74, 6) is -0.0806. The molecule has 0 aromatic carbocycles. The van der Waals surface area contributed by atoms with Crippen LogP contribution in [0.25, 0.3) is 11.1 Å². The van der Waals surface area contributed by atoms with Gasteiger partial charge in [0.05, 0.1) is 23.0 Å². The number of anilines is 1. The molecule has 24 heavy (non-hydrogen) atoms. The van der Waals surface area contributed by atoms with Crippen LogP contribution >= 0.6 is 0 Å². The van der Waals surface area contributed by atoms with Crippen LogP contribution in [-0.4, -0.2) is 38.9 Å². The molecule has 0 aliphatic carbocycles. The SMILES string of the molecule is Cc1noc2ncc(NC(=O)C3(n4cccn4)CCNCC3)cc12. The van der Waals surface area contributed by atoms with Crippen molar-refractivity contribution >= 4 is 22.7 Å². The minimum absolute atomic E-state index is 0.0806. The predicted octanol–water partition coefficient (Wildman–Crippen LogP) is 1.45. The first-order chi connectivity index (χ1) is 11.7. The molecule has 1 amide bonds. The molecule has 4 heterocycles. The lowest BCUT2D eigenvalue weighted by Crippen LogP contribution is -2.52. The van der Waals surface area contributed by atoms with Gasteiger partial charge < -0.3 is 15.2 Å². The number of aromatic nitrogens is 4. The smallest absolute Gasteiger partial charge is 0.258 e. The van der Waals surface area contributed by atoms with Gasteiger partial charge in [0.1, 0.15) is 5.54 Å². The Morgan fingerprint density at radius 3 is 3.00 bits per heavy atom. The minimum Gasteiger partial charge on any atom is -0.336 e. The second-order valence-corrected chi connectivity index (χ2v) is 6.03. The summed E-state index contributed by atoms with van der Waals surface area (Å²) in [5, 5.41) is 15.3. The molecule has 1 aliphatic rings. The van der Waals surface area contributed by atoms with Crippen molar-refractivity contribution < 1.29 is 9.32 Å². The summed E-state index contributed by atoms with van der Waals surface area (Å²) in [6.07, 6.45) is 6.50. The molecule has 4 rings (SSSR count). The van der Waals surface area contributed by atoms with Crippen LogP contribution in [0.4, 0.5) is 5.69 Å². The fourth-order valence-corrected chi connectivity index (χ4v) is 3.18. The van der Waals surface area contributed by atoms with Crippen molar-refractivity contribution in [2.24, 2.45) is 0 Å². The third-order valence-electron chi connectivity index (χ3n) is 4.56. The molecule has 8 nitrogen and oxygen atoms in total. The zero-order valence-electron chi connectivity index (χ0n) is 13.3. The number of carbonyl (C=O) groups is 1. The van der Waals surface area contributed by atoms with E-state index in [4.69, 9.17) is 4.52 Å². The van der Waals surface area contributed by atoms with Crippen LogP contribution in [0.15, 0.2) is 35.2 Å². The number of hydrogen-bond donors (Lipinski definition) is 2. The van der Waals surface area contributed by atoms with E-state index < -0.39 is 5.54 Å². The lowest BCUT2D eigenvalue weighted by atomic mass is 9.87. The van der Waals surface area contributed by atoms with Crippen molar-refractivity contribution in [1.29, 1.82) is 0 Å². The highest BCUT2D eigenvalue weighted by Gasteiger charge is 2.42. The zero-order valence-corrected chi connectivity index (χ0v) is 13.3. The van der Waals surface area contributed by atoms with Crippen molar-refractivity contribution in [3.63, 3.8) is 0 Å². The van der Waals surface area contributed by atoms with Gasteiger partial charge in [-0.15, -0.1) is 0 Å². The van der Waals surface area contributed by atoms with Crippen molar-refractivity contribution in [2.45, 2.75) is 25.3 Å². The summed E-state index contributed by atoms with van der Waals surface area (Å²) in [6, 6.07) is 3.68. The third-order valence-corrected chi connectivity index (χ3v) is 4.56. The maximum Gasteiger partial charge on any atom is 0.258 e. The Morgan fingerprint density at radius 2 is 2.25 bits per heavy atom. The number of hydrogen-bond acceptors (Lipinski definition) is 6. The van der Waals surface area contributed by atoms with Gasteiger partial charge in [0, 0.05) is 12.4 Å². The molecule has 3 aromatic heterocycles. The molecule has 0 bridgehead atoms. The van der Waals surface area contributed by atoms with Crippen LogP contribution in [0, 0.1) is 6.92 Å². The summed E-state index contributed by atoms with van der Waals surface area (Å²) in [4.78, 5) is 17.3. The van der Waals surface area contributed by atoms with E-state index in [0.717, 1.165) is 24.2 Å². The minimum atomic E-state index is -0.687. The van der Waals surface area contributed by atoms with Crippen molar-refractivity contribution in [1.82, 2.24) is 25.2 Å². The fourth-order valence-electron chi connectivity index (χ4n) is 3.18. The van der Waals surface area contributed by atoms with Gasteiger partial charge in [0.25, 0.3) is 11.6 Å². The fraction of sp³-hybridized carbons (Fsp3) is 0.375. The quantitative estimate of drug-likeness (QED) is 0.756. The lowest BCUT2D eigenvalue weighted by Gasteiger charge is -2.36. The van der Waals surface area contributed by atoms with Crippen molar-refractivity contribution in [3.05, 3.63) is 36.4 Å². The molecule has 1 saturated heterocycles. The summed E-state index contributed by atoms with van der Waals surface area (Å²) in [5.41, 5.74) is 1.16. The average Bonchev–Trinajstić information content (AvgIpc) is 3.26. The highest BCUT2D eigenvalue weighted by atomic mass is 16.5. The second-order valence-electron chi connectivity index (χ2n) is 6.03. The van der Waals surface area contributed by atoms with Crippen LogP contribution in [0.3, 0.4) is 0 Å². The van der Waals surface area contributed by atoms with Gasteiger partial charge in [0.2, 0.25) is 0 Å². The summed E-state index contributed by atoms with van der Waals surface area (Å²) >= 11 is 0. The van der Waals surface area contributed by atoms with E-state index in [1.165, 1.54) is 0 Å². The van der Waals surface area contributed by atoms with Crippen LogP contribution in [-0.2, 0) is 10.3 Å². The van der Waals surface area contributed by atoms with Gasteiger partial charge in [-0.05, 0) is 45.0 Å². The summed E-state index contributed by atoms with van der Waals surface area (Å²) in [7, 11) is 0. The number of fused-ring (bicyclic) bond motifs is 1. The maximum absolute atomic E-state index is 13.1. The van der Waals surface area contributed by atoms with Gasteiger partial charge in [-0.2, -0.15) is 5.10 Å². The molecule has 2 N–H and O–H groups in total. The first-order valence-corrected chi connectivity index (χ1v) is 7.93. The Hall–Kier alpha value is -2.74. The van der Waals surface area contributed by atoms with Gasteiger partial charge >= 0.3 is 0 Å². The number of rotatable bonds is 3. The van der Waals surface area contributed by atoms with Crippen molar-refractivity contribution in [2.75, 3.05) is 18.4 Å². The van der Waals surface area contributed by atoms with E-state index in [-0.39, 0.29) is 5.91 Å². The highest BCUT2D eigenvalue weighted by molar-refractivity contribution is 5.98. The van der Waals surface area contributed by atoms with Gasteiger partial charge in [-0.3, -0.25) is 9.48 Å². The van der Waals surface area contributed by atoms with Gasteiger partial charge in [0.15, 0.2) is 0 Å². The molecule has 124 valence electrons. The Bertz CT molecular complexity index is 864. The molecular formula is C16H18N6O2. The van der Waals surface area contributed by atoms with Crippen LogP contribution in [0.1, 0.15) is 18.5 Å². The number of piperidine rings is 1. The summed E-state index contributed by atoms with van der Waals surface area (Å²) in [6.45, 7) is 3.39. The number of pyridine rings is 1. The molecule has 0 spiro atoms. The normalized spacial score (nSPS) is 17.0. The van der Waals surface area contributed by atoms with E-state index in [0.29, 0.717) is 24.2 Å². The average molecular weight is 326 g/mol. The number of aryl methyl sites for hydroxylation is 1. The van der Waals surface area contributed by atoms with Crippen LogP contribution in [0.2, 0.25) is 0 Å². The van der Waals surface area contributed by atoms with Crippen LogP contribution in [0.5, 0.6) is 0 Å². The molecule has 3 aromatic rings. The molecule has 0 unspecified atom stereocenters. The molecular weight excluding hydrogens is 308 g/mol. The first kappa shape index (κ1) is 14.8. The molecule has 1 aliphatic heterocycles. The molecule has 0 radical (unpaired) electrons. The maximum atomic E-state index is 13.1. The monoisotopic (exact) mass is 326 g/mol. The van der Waals surface area contributed by atoms with E-state index in [9.17, 15) is 4.79 Å². The lowest BCUT2D eigenvalue weighted by molar-refractivity contribution is -0.126. The zero-order chi connectivity index (χ0) is 16.6. The van der Waals surface area contributed by atoms with Crippen LogP contribution < -0.4 is 10.6 Å². The Balaban J connectivity index is 1.66. The topological polar surface area (TPSA) is 97.9 Å². The van der Waals surface area contributed by atoms with E-state index in [1.54, 1.807) is 17.1 Å². The highest BCUT2D eigenvalue weighted by Crippen LogP contribution is 2.29. The molecule has 0 saturated carbocycles. The Kier molecular flexibility index (Phi) is 3.53. The third kappa shape index (κ3) is 2.35. The number of nitrogens with one attached hydrogen (secondary N) is 2. The molecule has 1 fully saturated rings. The molecule has 0 atom stereocenters. The van der Waals surface area contributed by atoms with Gasteiger partial charge in [-0.1, -0.05) is 5.16 Å².